The van der Waals surface area contributed by atoms with Crippen molar-refractivity contribution in [2.24, 2.45) is 0 Å². The molecule has 1 N–H and O–H groups in total. The number of nitrogens with one attached hydrogen (secondary N) is 1. The highest BCUT2D eigenvalue weighted by molar-refractivity contribution is 6.32. The molecule has 0 spiro atoms. The van der Waals surface area contributed by atoms with Gasteiger partial charge in [-0.1, -0.05) is 11.6 Å². The minimum Gasteiger partial charge on any atom is -0.497 e. The quantitative estimate of drug-likeness (QED) is 0.405. The van der Waals surface area contributed by atoms with Crippen molar-refractivity contribution < 1.29 is 19.1 Å². The SMILES string of the molecule is COc1ccc2c(c1)c(=O)c(C(=O)c1ccncc1)cn2CC(=O)Nc1ccc(OC)c(Cl)c1. The third kappa shape index (κ3) is 4.62. The number of nitrogens with zero attached hydrogens (tertiary/aromatic N) is 2. The molecule has 34 heavy (non-hydrogen) atoms. The zero-order valence-electron chi connectivity index (χ0n) is 18.4. The van der Waals surface area contributed by atoms with E-state index in [4.69, 9.17) is 21.1 Å². The van der Waals surface area contributed by atoms with E-state index in [9.17, 15) is 14.4 Å². The largest absolute Gasteiger partial charge is 0.497 e. The van der Waals surface area contributed by atoms with Gasteiger partial charge in [-0.15, -0.1) is 0 Å². The van der Waals surface area contributed by atoms with Crippen LogP contribution in [0.1, 0.15) is 15.9 Å². The Balaban J connectivity index is 1.74. The summed E-state index contributed by atoms with van der Waals surface area (Å²) in [6.07, 6.45) is 4.35. The smallest absolute Gasteiger partial charge is 0.244 e. The Kier molecular flexibility index (Phi) is 6.60. The summed E-state index contributed by atoms with van der Waals surface area (Å²) in [7, 11) is 2.99. The van der Waals surface area contributed by atoms with Gasteiger partial charge < -0.3 is 19.4 Å². The van der Waals surface area contributed by atoms with Crippen molar-refractivity contribution in [1.29, 1.82) is 0 Å². The molecule has 0 radical (unpaired) electrons. The number of halogens is 1. The average molecular weight is 478 g/mol. The van der Waals surface area contributed by atoms with Crippen LogP contribution in [-0.4, -0.2) is 35.5 Å². The van der Waals surface area contributed by atoms with Crippen LogP contribution < -0.4 is 20.2 Å². The molecule has 2 aromatic heterocycles. The van der Waals surface area contributed by atoms with Gasteiger partial charge >= 0.3 is 0 Å². The fourth-order valence-corrected chi connectivity index (χ4v) is 3.81. The topological polar surface area (TPSA) is 99.5 Å². The number of carbonyl (C=O) groups excluding carboxylic acids is 2. The molecule has 1 amide bonds. The highest BCUT2D eigenvalue weighted by Crippen LogP contribution is 2.27. The Morgan fingerprint density at radius 2 is 1.79 bits per heavy atom. The fourth-order valence-electron chi connectivity index (χ4n) is 3.55. The lowest BCUT2D eigenvalue weighted by atomic mass is 10.0. The summed E-state index contributed by atoms with van der Waals surface area (Å²) in [5, 5.41) is 3.39. The van der Waals surface area contributed by atoms with Gasteiger partial charge in [-0.05, 0) is 48.5 Å². The molecule has 2 heterocycles. The number of hydrogen-bond donors (Lipinski definition) is 1. The van der Waals surface area contributed by atoms with Crippen molar-refractivity contribution in [3.63, 3.8) is 0 Å². The molecule has 0 aliphatic heterocycles. The highest BCUT2D eigenvalue weighted by Gasteiger charge is 2.19. The zero-order valence-corrected chi connectivity index (χ0v) is 19.1. The number of aromatic nitrogens is 2. The van der Waals surface area contributed by atoms with Gasteiger partial charge in [0.15, 0.2) is 5.78 Å². The van der Waals surface area contributed by atoms with Crippen LogP contribution in [0.4, 0.5) is 5.69 Å². The molecule has 0 saturated heterocycles. The summed E-state index contributed by atoms with van der Waals surface area (Å²) in [5.74, 6) is 0.110. The number of amides is 1. The number of ketones is 1. The number of benzene rings is 2. The van der Waals surface area contributed by atoms with Gasteiger partial charge in [0.1, 0.15) is 18.0 Å². The predicted octanol–water partition coefficient (Wildman–Crippen LogP) is 3.94. The number of methoxy groups -OCH3 is 2. The van der Waals surface area contributed by atoms with Crippen molar-refractivity contribution in [1.82, 2.24) is 9.55 Å². The molecule has 4 rings (SSSR count). The first kappa shape index (κ1) is 23.0. The van der Waals surface area contributed by atoms with E-state index in [2.05, 4.69) is 10.3 Å². The Morgan fingerprint density at radius 1 is 1.03 bits per heavy atom. The van der Waals surface area contributed by atoms with Crippen LogP contribution in [0.25, 0.3) is 10.9 Å². The maximum Gasteiger partial charge on any atom is 0.244 e. The van der Waals surface area contributed by atoms with E-state index in [1.807, 2.05) is 0 Å². The summed E-state index contributed by atoms with van der Waals surface area (Å²) in [4.78, 5) is 43.1. The summed E-state index contributed by atoms with van der Waals surface area (Å²) in [6.45, 7) is -0.149. The van der Waals surface area contributed by atoms with Crippen molar-refractivity contribution in [3.8, 4) is 11.5 Å². The van der Waals surface area contributed by atoms with E-state index in [1.165, 1.54) is 44.9 Å². The molecule has 0 aliphatic carbocycles. The lowest BCUT2D eigenvalue weighted by Crippen LogP contribution is -2.24. The van der Waals surface area contributed by atoms with E-state index < -0.39 is 11.2 Å². The molecule has 0 aliphatic rings. The Labute approximate surface area is 199 Å². The number of hydrogen-bond acceptors (Lipinski definition) is 6. The van der Waals surface area contributed by atoms with Gasteiger partial charge in [0, 0.05) is 29.8 Å². The van der Waals surface area contributed by atoms with E-state index in [-0.39, 0.29) is 23.4 Å². The number of rotatable bonds is 7. The lowest BCUT2D eigenvalue weighted by molar-refractivity contribution is -0.116. The molecular formula is C25H20ClN3O5. The second-order valence-corrected chi connectivity index (χ2v) is 7.75. The third-order valence-electron chi connectivity index (χ3n) is 5.22. The minimum atomic E-state index is -0.465. The van der Waals surface area contributed by atoms with Crippen molar-refractivity contribution in [2.45, 2.75) is 6.54 Å². The number of fused-ring (bicyclic) bond motifs is 1. The van der Waals surface area contributed by atoms with Crippen LogP contribution in [0.15, 0.2) is 71.9 Å². The molecule has 0 atom stereocenters. The van der Waals surface area contributed by atoms with Gasteiger partial charge in [0.25, 0.3) is 0 Å². The zero-order chi connectivity index (χ0) is 24.2. The van der Waals surface area contributed by atoms with E-state index in [0.29, 0.717) is 33.3 Å². The molecule has 0 saturated carbocycles. The Morgan fingerprint density at radius 3 is 2.47 bits per heavy atom. The molecular weight excluding hydrogens is 458 g/mol. The molecule has 2 aromatic carbocycles. The molecule has 172 valence electrons. The minimum absolute atomic E-state index is 0.0627. The molecule has 0 fully saturated rings. The lowest BCUT2D eigenvalue weighted by Gasteiger charge is -2.14. The monoisotopic (exact) mass is 477 g/mol. The highest BCUT2D eigenvalue weighted by atomic mass is 35.5. The Hall–Kier alpha value is -4.17. The van der Waals surface area contributed by atoms with E-state index in [1.54, 1.807) is 41.0 Å². The van der Waals surface area contributed by atoms with E-state index >= 15 is 0 Å². The molecule has 4 aromatic rings. The summed E-state index contributed by atoms with van der Waals surface area (Å²) < 4.78 is 11.9. The molecule has 0 bridgehead atoms. The number of pyridine rings is 2. The maximum absolute atomic E-state index is 13.2. The second-order valence-electron chi connectivity index (χ2n) is 7.35. The second kappa shape index (κ2) is 9.76. The summed E-state index contributed by atoms with van der Waals surface area (Å²) >= 11 is 6.14. The normalized spacial score (nSPS) is 10.7. The maximum atomic E-state index is 13.2. The van der Waals surface area contributed by atoms with Gasteiger partial charge in [-0.3, -0.25) is 19.4 Å². The van der Waals surface area contributed by atoms with Gasteiger partial charge in [0.2, 0.25) is 11.3 Å². The molecule has 0 unspecified atom stereocenters. The van der Waals surface area contributed by atoms with Crippen LogP contribution in [0.2, 0.25) is 5.02 Å². The summed E-state index contributed by atoms with van der Waals surface area (Å²) in [6, 6.07) is 12.9. The molecule has 8 nitrogen and oxygen atoms in total. The fraction of sp³-hybridized carbons (Fsp3) is 0.120. The van der Waals surface area contributed by atoms with Crippen LogP contribution >= 0.6 is 11.6 Å². The van der Waals surface area contributed by atoms with Crippen molar-refractivity contribution in [3.05, 3.63) is 93.5 Å². The van der Waals surface area contributed by atoms with Gasteiger partial charge in [-0.2, -0.15) is 0 Å². The van der Waals surface area contributed by atoms with Gasteiger partial charge in [-0.25, -0.2) is 0 Å². The first-order valence-electron chi connectivity index (χ1n) is 10.2. The van der Waals surface area contributed by atoms with Crippen LogP contribution in [-0.2, 0) is 11.3 Å². The number of carbonyl (C=O) groups is 2. The van der Waals surface area contributed by atoms with Crippen molar-refractivity contribution in [2.75, 3.05) is 19.5 Å². The molecule has 9 heteroatoms. The van der Waals surface area contributed by atoms with E-state index in [0.717, 1.165) is 0 Å². The van der Waals surface area contributed by atoms with Crippen LogP contribution in [0.5, 0.6) is 11.5 Å². The first-order chi connectivity index (χ1) is 16.4. The van der Waals surface area contributed by atoms with Crippen LogP contribution in [0, 0.1) is 0 Å². The standard InChI is InChI=1S/C25H20ClN3O5/c1-33-17-4-5-21-18(12-17)25(32)19(24(31)15-7-9-27-10-8-15)13-29(21)14-23(30)28-16-3-6-22(34-2)20(26)11-16/h3-13H,14H2,1-2H3,(H,28,30). The average Bonchev–Trinajstić information content (AvgIpc) is 2.85. The Bertz CT molecular complexity index is 1450. The predicted molar refractivity (Wildman–Crippen MR) is 129 cm³/mol. The number of anilines is 1. The number of ether oxygens (including phenoxy) is 2. The third-order valence-corrected chi connectivity index (χ3v) is 5.52. The summed E-state index contributed by atoms with van der Waals surface area (Å²) in [5.41, 5.74) is 0.774. The van der Waals surface area contributed by atoms with Gasteiger partial charge in [0.05, 0.1) is 35.7 Å². The first-order valence-corrected chi connectivity index (χ1v) is 10.6. The van der Waals surface area contributed by atoms with Crippen LogP contribution in [0.3, 0.4) is 0 Å². The van der Waals surface area contributed by atoms with Crippen molar-refractivity contribution >= 4 is 39.9 Å².